The van der Waals surface area contributed by atoms with E-state index in [4.69, 9.17) is 11.7 Å². The average molecular weight is 224 g/mol. The molecule has 0 radical (unpaired) electrons. The summed E-state index contributed by atoms with van der Waals surface area (Å²) in [5, 5.41) is 8.96. The van der Waals surface area contributed by atoms with Crippen molar-refractivity contribution in [2.24, 2.45) is 5.92 Å². The Hall–Kier alpha value is -2.26. The number of aryl methyl sites for hydroxylation is 1. The minimum absolute atomic E-state index is 0.0191. The molecule has 0 bridgehead atoms. The van der Waals surface area contributed by atoms with Gasteiger partial charge in [-0.25, -0.2) is 0 Å². The molecule has 0 aliphatic carbocycles. The zero-order valence-electron chi connectivity index (χ0n) is 9.60. The van der Waals surface area contributed by atoms with Gasteiger partial charge in [0.2, 0.25) is 5.91 Å². The zero-order chi connectivity index (χ0) is 12.4. The minimum atomic E-state index is -0.0191. The molecule has 84 valence electrons. The van der Waals surface area contributed by atoms with Gasteiger partial charge in [-0.3, -0.25) is 4.79 Å². The number of hydrogen-bond acceptors (Lipinski definition) is 2. The Labute approximate surface area is 101 Å². The van der Waals surface area contributed by atoms with Crippen molar-refractivity contribution >= 4 is 11.6 Å². The van der Waals surface area contributed by atoms with E-state index < -0.39 is 0 Å². The summed E-state index contributed by atoms with van der Waals surface area (Å²) in [6.07, 6.45) is 5.73. The quantitative estimate of drug-likeness (QED) is 0.683. The number of rotatable bonds is 1. The first kappa shape index (κ1) is 11.2. The molecule has 3 heteroatoms. The normalized spacial score (nSPS) is 18.9. The number of carbonyl (C=O) groups excluding carboxylic acids is 1. The molecule has 2 rings (SSSR count). The van der Waals surface area contributed by atoms with E-state index >= 15 is 0 Å². The molecule has 1 aromatic rings. The fraction of sp³-hybridized carbons (Fsp3) is 0.286. The van der Waals surface area contributed by atoms with Crippen LogP contribution in [0.15, 0.2) is 18.2 Å². The Morgan fingerprint density at radius 2 is 2.29 bits per heavy atom. The van der Waals surface area contributed by atoms with Crippen LogP contribution in [0, 0.1) is 36.5 Å². The van der Waals surface area contributed by atoms with Crippen molar-refractivity contribution in [3.8, 4) is 18.4 Å². The minimum Gasteiger partial charge on any atom is -0.311 e. The molecule has 0 saturated carbocycles. The lowest BCUT2D eigenvalue weighted by Gasteiger charge is -2.16. The highest BCUT2D eigenvalue weighted by Crippen LogP contribution is 2.26. The Morgan fingerprint density at radius 3 is 2.88 bits per heavy atom. The van der Waals surface area contributed by atoms with Gasteiger partial charge in [-0.2, -0.15) is 5.26 Å². The summed E-state index contributed by atoms with van der Waals surface area (Å²) in [7, 11) is 0. The van der Waals surface area contributed by atoms with Crippen LogP contribution >= 0.6 is 0 Å². The number of anilines is 1. The number of amides is 1. The van der Waals surface area contributed by atoms with Crippen LogP contribution in [0.2, 0.25) is 0 Å². The van der Waals surface area contributed by atoms with Crippen LogP contribution in [0.4, 0.5) is 5.69 Å². The molecule has 0 spiro atoms. The molecular formula is C14H12N2O. The van der Waals surface area contributed by atoms with Crippen molar-refractivity contribution < 1.29 is 4.79 Å². The summed E-state index contributed by atoms with van der Waals surface area (Å²) in [5.74, 6) is 2.62. The van der Waals surface area contributed by atoms with Crippen molar-refractivity contribution in [1.82, 2.24) is 0 Å². The summed E-state index contributed by atoms with van der Waals surface area (Å²) in [5.41, 5.74) is 2.27. The van der Waals surface area contributed by atoms with E-state index in [-0.39, 0.29) is 11.8 Å². The van der Waals surface area contributed by atoms with Gasteiger partial charge in [0.25, 0.3) is 0 Å². The molecule has 1 atom stereocenters. The highest BCUT2D eigenvalue weighted by molar-refractivity contribution is 5.96. The van der Waals surface area contributed by atoms with Gasteiger partial charge in [0.15, 0.2) is 0 Å². The Morgan fingerprint density at radius 1 is 1.53 bits per heavy atom. The van der Waals surface area contributed by atoms with E-state index in [1.54, 1.807) is 11.0 Å². The second-order valence-corrected chi connectivity index (χ2v) is 4.18. The van der Waals surface area contributed by atoms with Crippen LogP contribution in [0.3, 0.4) is 0 Å². The van der Waals surface area contributed by atoms with Gasteiger partial charge in [0, 0.05) is 24.6 Å². The van der Waals surface area contributed by atoms with E-state index in [0.29, 0.717) is 18.5 Å². The second-order valence-electron chi connectivity index (χ2n) is 4.18. The molecule has 3 nitrogen and oxygen atoms in total. The van der Waals surface area contributed by atoms with Crippen LogP contribution < -0.4 is 4.90 Å². The standard InChI is InChI=1S/C14H12N2O/c1-3-11-6-14(17)16(9-11)13-5-4-10(2)12(7-13)8-15/h1,4-5,7,11H,6,9H2,2H3. The predicted molar refractivity (Wildman–Crippen MR) is 65.2 cm³/mol. The monoisotopic (exact) mass is 224 g/mol. The topological polar surface area (TPSA) is 44.1 Å². The lowest BCUT2D eigenvalue weighted by atomic mass is 10.1. The van der Waals surface area contributed by atoms with Crippen molar-refractivity contribution in [1.29, 1.82) is 5.26 Å². The van der Waals surface area contributed by atoms with Crippen LogP contribution in [-0.2, 0) is 4.79 Å². The highest BCUT2D eigenvalue weighted by Gasteiger charge is 2.29. The molecular weight excluding hydrogens is 212 g/mol. The zero-order valence-corrected chi connectivity index (χ0v) is 9.60. The van der Waals surface area contributed by atoms with Crippen LogP contribution in [0.1, 0.15) is 17.5 Å². The van der Waals surface area contributed by atoms with Gasteiger partial charge in [-0.1, -0.05) is 6.07 Å². The molecule has 1 amide bonds. The number of carbonyl (C=O) groups is 1. The Kier molecular flexibility index (Phi) is 2.85. The maximum atomic E-state index is 11.8. The first-order chi connectivity index (χ1) is 8.15. The van der Waals surface area contributed by atoms with Crippen LogP contribution in [-0.4, -0.2) is 12.5 Å². The molecule has 1 heterocycles. The third-order valence-electron chi connectivity index (χ3n) is 3.01. The SMILES string of the molecule is C#CC1CC(=O)N(c2ccc(C)c(C#N)c2)C1. The predicted octanol–water partition coefficient (Wildman–Crippen LogP) is 1.85. The molecule has 1 aliphatic heterocycles. The van der Waals surface area contributed by atoms with Gasteiger partial charge < -0.3 is 4.90 Å². The van der Waals surface area contributed by atoms with Crippen LogP contribution in [0.25, 0.3) is 0 Å². The lowest BCUT2D eigenvalue weighted by molar-refractivity contribution is -0.117. The fourth-order valence-electron chi connectivity index (χ4n) is 1.97. The smallest absolute Gasteiger partial charge is 0.228 e. The number of nitriles is 1. The largest absolute Gasteiger partial charge is 0.311 e. The Balaban J connectivity index is 2.34. The molecule has 1 aliphatic rings. The van der Waals surface area contributed by atoms with E-state index in [1.165, 1.54) is 0 Å². The lowest BCUT2D eigenvalue weighted by Crippen LogP contribution is -2.24. The summed E-state index contributed by atoms with van der Waals surface area (Å²) < 4.78 is 0. The highest BCUT2D eigenvalue weighted by atomic mass is 16.2. The molecule has 1 fully saturated rings. The van der Waals surface area contributed by atoms with Gasteiger partial charge in [-0.05, 0) is 24.6 Å². The van der Waals surface area contributed by atoms with Crippen LogP contribution in [0.5, 0.6) is 0 Å². The Bertz CT molecular complexity index is 548. The number of terminal acetylenes is 1. The van der Waals surface area contributed by atoms with Gasteiger partial charge in [-0.15, -0.1) is 12.3 Å². The van der Waals surface area contributed by atoms with Gasteiger partial charge in [0.1, 0.15) is 0 Å². The number of hydrogen-bond donors (Lipinski definition) is 0. The summed E-state index contributed by atoms with van der Waals surface area (Å²) in [6.45, 7) is 2.42. The molecule has 1 saturated heterocycles. The second kappa shape index (κ2) is 4.31. The van der Waals surface area contributed by atoms with Crippen molar-refractivity contribution in [2.45, 2.75) is 13.3 Å². The maximum Gasteiger partial charge on any atom is 0.228 e. The van der Waals surface area contributed by atoms with Crippen molar-refractivity contribution in [3.05, 3.63) is 29.3 Å². The average Bonchev–Trinajstić information content (AvgIpc) is 2.71. The van der Waals surface area contributed by atoms with Crippen molar-refractivity contribution in [2.75, 3.05) is 11.4 Å². The van der Waals surface area contributed by atoms with Crippen molar-refractivity contribution in [3.63, 3.8) is 0 Å². The third-order valence-corrected chi connectivity index (χ3v) is 3.01. The van der Waals surface area contributed by atoms with Gasteiger partial charge >= 0.3 is 0 Å². The first-order valence-electron chi connectivity index (χ1n) is 5.43. The summed E-state index contributed by atoms with van der Waals surface area (Å²) >= 11 is 0. The molecule has 0 N–H and O–H groups in total. The maximum absolute atomic E-state index is 11.8. The first-order valence-corrected chi connectivity index (χ1v) is 5.43. The molecule has 1 unspecified atom stereocenters. The fourth-order valence-corrected chi connectivity index (χ4v) is 1.97. The van der Waals surface area contributed by atoms with E-state index in [0.717, 1.165) is 11.3 Å². The van der Waals surface area contributed by atoms with Gasteiger partial charge in [0.05, 0.1) is 11.6 Å². The number of nitrogens with zero attached hydrogens (tertiary/aromatic N) is 2. The summed E-state index contributed by atoms with van der Waals surface area (Å²) in [6, 6.07) is 7.57. The number of benzene rings is 1. The molecule has 1 aromatic carbocycles. The van der Waals surface area contributed by atoms with E-state index in [1.807, 2.05) is 19.1 Å². The molecule has 17 heavy (non-hydrogen) atoms. The third kappa shape index (κ3) is 2.00. The molecule has 0 aromatic heterocycles. The van der Waals surface area contributed by atoms with E-state index in [9.17, 15) is 4.79 Å². The van der Waals surface area contributed by atoms with E-state index in [2.05, 4.69) is 12.0 Å². The summed E-state index contributed by atoms with van der Waals surface area (Å²) in [4.78, 5) is 13.4.